The molecule has 1 aliphatic heterocycles. The molecule has 1 unspecified atom stereocenters. The second-order valence-corrected chi connectivity index (χ2v) is 10.9. The van der Waals surface area contributed by atoms with Gasteiger partial charge in [-0.15, -0.1) is 0 Å². The predicted molar refractivity (Wildman–Crippen MR) is 129 cm³/mol. The number of carbonyl (C=O) groups excluding carboxylic acids is 2. The smallest absolute Gasteiger partial charge is 0.242 e. The quantitative estimate of drug-likeness (QED) is 0.546. The molecule has 0 fully saturated rings. The molecule has 1 atom stereocenters. The van der Waals surface area contributed by atoms with Crippen LogP contribution in [-0.2, 0) is 26.0 Å². The number of rotatable bonds is 8. The van der Waals surface area contributed by atoms with E-state index in [1.165, 1.54) is 6.07 Å². The van der Waals surface area contributed by atoms with Crippen LogP contribution >= 0.6 is 15.9 Å². The Morgan fingerprint density at radius 3 is 2.44 bits per heavy atom. The van der Waals surface area contributed by atoms with Crippen molar-refractivity contribution >= 4 is 49.1 Å². The van der Waals surface area contributed by atoms with Crippen LogP contribution in [0.2, 0.25) is 0 Å². The summed E-state index contributed by atoms with van der Waals surface area (Å²) in [5.74, 6) is -0.295. The Kier molecular flexibility index (Phi) is 7.74. The van der Waals surface area contributed by atoms with Gasteiger partial charge < -0.3 is 10.2 Å². The zero-order chi connectivity index (χ0) is 23.5. The molecule has 7 nitrogen and oxygen atoms in total. The first-order valence-corrected chi connectivity index (χ1v) is 12.9. The van der Waals surface area contributed by atoms with E-state index in [9.17, 15) is 18.0 Å². The predicted octanol–water partition coefficient (Wildman–Crippen LogP) is 4.08. The fourth-order valence-electron chi connectivity index (χ4n) is 3.69. The second-order valence-electron chi connectivity index (χ2n) is 8.24. The number of halogens is 1. The number of carbonyl (C=O) groups is 2. The topological polar surface area (TPSA) is 95.6 Å². The molecule has 1 aliphatic rings. The van der Waals surface area contributed by atoms with Gasteiger partial charge in [-0.2, -0.15) is 4.72 Å². The molecule has 172 valence electrons. The molecule has 2 aromatic carbocycles. The summed E-state index contributed by atoms with van der Waals surface area (Å²) >= 11 is 3.35. The van der Waals surface area contributed by atoms with Crippen LogP contribution in [0.4, 0.5) is 11.4 Å². The summed E-state index contributed by atoms with van der Waals surface area (Å²) in [5, 5.41) is 2.78. The van der Waals surface area contributed by atoms with E-state index in [0.29, 0.717) is 31.5 Å². The van der Waals surface area contributed by atoms with Gasteiger partial charge in [0.1, 0.15) is 6.04 Å². The fraction of sp³-hybridized carbons (Fsp3) is 0.391. The van der Waals surface area contributed by atoms with Gasteiger partial charge in [-0.1, -0.05) is 36.7 Å². The highest BCUT2D eigenvalue weighted by Crippen LogP contribution is 2.31. The highest BCUT2D eigenvalue weighted by molar-refractivity contribution is 9.10. The van der Waals surface area contributed by atoms with Crippen LogP contribution in [-0.4, -0.2) is 32.8 Å². The minimum absolute atomic E-state index is 0.0130. The average molecular weight is 522 g/mol. The molecule has 0 aromatic heterocycles. The van der Waals surface area contributed by atoms with Gasteiger partial charge in [0, 0.05) is 28.8 Å². The Morgan fingerprint density at radius 2 is 1.81 bits per heavy atom. The van der Waals surface area contributed by atoms with Gasteiger partial charge in [0.15, 0.2) is 0 Å². The van der Waals surface area contributed by atoms with E-state index in [2.05, 4.69) is 26.0 Å². The van der Waals surface area contributed by atoms with Gasteiger partial charge in [-0.3, -0.25) is 9.59 Å². The number of hydrogen-bond donors (Lipinski definition) is 2. The van der Waals surface area contributed by atoms with Crippen LogP contribution in [0.3, 0.4) is 0 Å². The van der Waals surface area contributed by atoms with Crippen LogP contribution in [0, 0.1) is 5.92 Å². The Hall–Kier alpha value is -2.23. The van der Waals surface area contributed by atoms with E-state index in [0.717, 1.165) is 15.7 Å². The van der Waals surface area contributed by atoms with Gasteiger partial charge >= 0.3 is 0 Å². The highest BCUT2D eigenvalue weighted by Gasteiger charge is 2.29. The second kappa shape index (κ2) is 10.1. The first kappa shape index (κ1) is 24.4. The van der Waals surface area contributed by atoms with Gasteiger partial charge in [-0.05, 0) is 66.8 Å². The van der Waals surface area contributed by atoms with Crippen molar-refractivity contribution in [1.29, 1.82) is 0 Å². The Bertz CT molecular complexity index is 1100. The maximum atomic E-state index is 13.1. The molecule has 0 radical (unpaired) electrons. The summed E-state index contributed by atoms with van der Waals surface area (Å²) in [4.78, 5) is 26.8. The Balaban J connectivity index is 1.80. The third kappa shape index (κ3) is 5.76. The van der Waals surface area contributed by atoms with Crippen LogP contribution in [0.5, 0.6) is 0 Å². The van der Waals surface area contributed by atoms with E-state index >= 15 is 0 Å². The van der Waals surface area contributed by atoms with E-state index in [1.54, 1.807) is 48.2 Å². The minimum atomic E-state index is -3.94. The lowest BCUT2D eigenvalue weighted by Crippen LogP contribution is -2.44. The summed E-state index contributed by atoms with van der Waals surface area (Å²) in [6, 6.07) is 10.9. The van der Waals surface area contributed by atoms with Crippen molar-refractivity contribution in [3.05, 3.63) is 52.5 Å². The molecule has 0 saturated carbocycles. The lowest BCUT2D eigenvalue weighted by molar-refractivity contribution is -0.118. The summed E-state index contributed by atoms with van der Waals surface area (Å²) in [6.07, 6.45) is 1.35. The molecular formula is C23H28BrN3O4S. The first-order valence-electron chi connectivity index (χ1n) is 10.6. The van der Waals surface area contributed by atoms with E-state index in [1.807, 2.05) is 13.8 Å². The van der Waals surface area contributed by atoms with E-state index < -0.39 is 22.0 Å². The molecule has 9 heteroatoms. The Morgan fingerprint density at radius 1 is 1.12 bits per heavy atom. The van der Waals surface area contributed by atoms with Crippen LogP contribution in [0.25, 0.3) is 0 Å². The van der Waals surface area contributed by atoms with Crippen molar-refractivity contribution in [3.8, 4) is 0 Å². The highest BCUT2D eigenvalue weighted by atomic mass is 79.9. The van der Waals surface area contributed by atoms with E-state index in [-0.39, 0.29) is 16.7 Å². The third-order valence-electron chi connectivity index (χ3n) is 5.29. The standard InChI is InChI=1S/C23H28BrN3O4S/c1-4-22(28)27-12-11-16-14-19(9-10-21(16)27)32(30,31)26-20(13-15(2)3)23(29)25-18-7-5-17(24)6-8-18/h5-10,14-15,20,26H,4,11-13H2,1-3H3,(H,25,29). The molecule has 2 aromatic rings. The maximum absolute atomic E-state index is 13.1. The fourth-order valence-corrected chi connectivity index (χ4v) is 5.22. The number of benzene rings is 2. The number of amides is 2. The van der Waals surface area contributed by atoms with Gasteiger partial charge in [0.05, 0.1) is 4.90 Å². The molecule has 32 heavy (non-hydrogen) atoms. The SMILES string of the molecule is CCC(=O)N1CCc2cc(S(=O)(=O)NC(CC(C)C)C(=O)Nc3ccc(Br)cc3)ccc21. The third-order valence-corrected chi connectivity index (χ3v) is 7.29. The lowest BCUT2D eigenvalue weighted by Gasteiger charge is -2.21. The molecule has 0 aliphatic carbocycles. The van der Waals surface area contributed by atoms with Gasteiger partial charge in [0.2, 0.25) is 21.8 Å². The van der Waals surface area contributed by atoms with Crippen molar-refractivity contribution in [2.24, 2.45) is 5.92 Å². The largest absolute Gasteiger partial charge is 0.325 e. The lowest BCUT2D eigenvalue weighted by atomic mass is 10.0. The number of hydrogen-bond acceptors (Lipinski definition) is 4. The van der Waals surface area contributed by atoms with Crippen molar-refractivity contribution < 1.29 is 18.0 Å². The number of nitrogens with one attached hydrogen (secondary N) is 2. The normalized spacial score (nSPS) is 14.3. The van der Waals surface area contributed by atoms with Crippen LogP contribution < -0.4 is 14.9 Å². The summed E-state index contributed by atoms with van der Waals surface area (Å²) in [6.45, 7) is 6.22. The number of nitrogens with zero attached hydrogens (tertiary/aromatic N) is 1. The van der Waals surface area contributed by atoms with Crippen molar-refractivity contribution in [2.45, 2.75) is 51.0 Å². The summed E-state index contributed by atoms with van der Waals surface area (Å²) < 4.78 is 29.7. The molecule has 0 bridgehead atoms. The van der Waals surface area contributed by atoms with Gasteiger partial charge in [-0.25, -0.2) is 8.42 Å². The molecule has 1 heterocycles. The zero-order valence-corrected chi connectivity index (χ0v) is 20.8. The zero-order valence-electron chi connectivity index (χ0n) is 18.4. The maximum Gasteiger partial charge on any atom is 0.242 e. The molecule has 3 rings (SSSR count). The molecule has 0 spiro atoms. The van der Waals surface area contributed by atoms with Gasteiger partial charge in [0.25, 0.3) is 0 Å². The first-order chi connectivity index (χ1) is 15.1. The number of sulfonamides is 1. The summed E-state index contributed by atoms with van der Waals surface area (Å²) in [5.41, 5.74) is 2.15. The van der Waals surface area contributed by atoms with Crippen LogP contribution in [0.1, 0.15) is 39.2 Å². The van der Waals surface area contributed by atoms with Crippen molar-refractivity contribution in [1.82, 2.24) is 4.72 Å². The molecule has 2 amide bonds. The molecular weight excluding hydrogens is 494 g/mol. The van der Waals surface area contributed by atoms with E-state index in [4.69, 9.17) is 0 Å². The number of fused-ring (bicyclic) bond motifs is 1. The monoisotopic (exact) mass is 521 g/mol. The average Bonchev–Trinajstić information content (AvgIpc) is 3.17. The Labute approximate surface area is 197 Å². The minimum Gasteiger partial charge on any atom is -0.325 e. The van der Waals surface area contributed by atoms with Crippen molar-refractivity contribution in [3.63, 3.8) is 0 Å². The molecule has 2 N–H and O–H groups in total. The van der Waals surface area contributed by atoms with Crippen molar-refractivity contribution in [2.75, 3.05) is 16.8 Å². The molecule has 0 saturated heterocycles. The van der Waals surface area contributed by atoms with Crippen LogP contribution in [0.15, 0.2) is 51.8 Å². The number of anilines is 2. The summed E-state index contributed by atoms with van der Waals surface area (Å²) in [7, 11) is -3.94.